The molecule has 3 rings (SSSR count). The number of furan rings is 1. The molecule has 1 unspecified atom stereocenters. The van der Waals surface area contributed by atoms with Gasteiger partial charge in [-0.2, -0.15) is 0 Å². The second-order valence-corrected chi connectivity index (χ2v) is 4.96. The summed E-state index contributed by atoms with van der Waals surface area (Å²) in [5.41, 5.74) is 0. The van der Waals surface area contributed by atoms with Crippen LogP contribution in [0.3, 0.4) is 0 Å². The van der Waals surface area contributed by atoms with E-state index in [1.54, 1.807) is 6.26 Å². The van der Waals surface area contributed by atoms with E-state index in [1.807, 2.05) is 6.07 Å². The molecule has 1 aromatic heterocycles. The lowest BCUT2D eigenvalue weighted by Gasteiger charge is -2.37. The number of hydrogen-bond donors (Lipinski definition) is 0. The topological polar surface area (TPSA) is 19.6 Å². The zero-order valence-electron chi connectivity index (χ0n) is 9.77. The van der Waals surface area contributed by atoms with Crippen molar-refractivity contribution in [3.63, 3.8) is 0 Å². The standard InChI is InChI=1S/C13H20N2O/c1-3-12-11-14(8-9-15(12)6-1)7-5-13-4-2-10-16-13/h2,4,10,12H,1,3,5-9,11H2. The Labute approximate surface area is 97.0 Å². The Kier molecular flexibility index (Phi) is 2.98. The highest BCUT2D eigenvalue weighted by molar-refractivity contribution is 4.99. The van der Waals surface area contributed by atoms with Gasteiger partial charge in [-0.25, -0.2) is 0 Å². The fourth-order valence-electron chi connectivity index (χ4n) is 2.98. The van der Waals surface area contributed by atoms with Crippen LogP contribution in [0.4, 0.5) is 0 Å². The van der Waals surface area contributed by atoms with Gasteiger partial charge < -0.3 is 9.32 Å². The van der Waals surface area contributed by atoms with E-state index >= 15 is 0 Å². The van der Waals surface area contributed by atoms with Gasteiger partial charge in [0, 0.05) is 38.6 Å². The van der Waals surface area contributed by atoms with Crippen LogP contribution in [-0.2, 0) is 6.42 Å². The summed E-state index contributed by atoms with van der Waals surface area (Å²) < 4.78 is 5.37. The minimum absolute atomic E-state index is 0.838. The summed E-state index contributed by atoms with van der Waals surface area (Å²) in [6, 6.07) is 4.89. The van der Waals surface area contributed by atoms with E-state index in [0.29, 0.717) is 0 Å². The molecule has 0 N–H and O–H groups in total. The van der Waals surface area contributed by atoms with Gasteiger partial charge in [-0.1, -0.05) is 0 Å². The van der Waals surface area contributed by atoms with Crippen molar-refractivity contribution >= 4 is 0 Å². The highest BCUT2D eigenvalue weighted by Gasteiger charge is 2.30. The summed E-state index contributed by atoms with van der Waals surface area (Å²) >= 11 is 0. The molecule has 0 radical (unpaired) electrons. The maximum atomic E-state index is 5.37. The van der Waals surface area contributed by atoms with Gasteiger partial charge in [0.25, 0.3) is 0 Å². The van der Waals surface area contributed by atoms with Crippen LogP contribution in [-0.4, -0.2) is 48.6 Å². The summed E-state index contributed by atoms with van der Waals surface area (Å²) in [5.74, 6) is 1.12. The van der Waals surface area contributed by atoms with E-state index in [2.05, 4.69) is 15.9 Å². The Morgan fingerprint density at radius 2 is 2.31 bits per heavy atom. The van der Waals surface area contributed by atoms with Crippen LogP contribution in [0.5, 0.6) is 0 Å². The van der Waals surface area contributed by atoms with Gasteiger partial charge in [0.2, 0.25) is 0 Å². The van der Waals surface area contributed by atoms with Crippen molar-refractivity contribution in [3.05, 3.63) is 24.2 Å². The molecule has 88 valence electrons. The molecule has 1 aromatic rings. The van der Waals surface area contributed by atoms with Gasteiger partial charge in [-0.3, -0.25) is 4.90 Å². The van der Waals surface area contributed by atoms with E-state index in [9.17, 15) is 0 Å². The SMILES string of the molecule is c1coc(CCN2CCN3CCCC3C2)c1. The average molecular weight is 220 g/mol. The third-order valence-corrected chi connectivity index (χ3v) is 3.93. The molecule has 0 bridgehead atoms. The van der Waals surface area contributed by atoms with Crippen molar-refractivity contribution in [2.24, 2.45) is 0 Å². The minimum atomic E-state index is 0.838. The van der Waals surface area contributed by atoms with E-state index in [4.69, 9.17) is 4.42 Å². The summed E-state index contributed by atoms with van der Waals surface area (Å²) in [5, 5.41) is 0. The van der Waals surface area contributed by atoms with Crippen LogP contribution in [0.2, 0.25) is 0 Å². The minimum Gasteiger partial charge on any atom is -0.469 e. The Balaban J connectivity index is 1.49. The first-order valence-electron chi connectivity index (χ1n) is 6.40. The highest BCUT2D eigenvalue weighted by Crippen LogP contribution is 2.21. The number of piperazine rings is 1. The summed E-state index contributed by atoms with van der Waals surface area (Å²) in [4.78, 5) is 5.25. The fraction of sp³-hybridized carbons (Fsp3) is 0.692. The van der Waals surface area contributed by atoms with Gasteiger partial charge in [-0.15, -0.1) is 0 Å². The molecule has 0 amide bonds. The molecule has 0 spiro atoms. The zero-order valence-corrected chi connectivity index (χ0v) is 9.77. The first-order valence-corrected chi connectivity index (χ1v) is 6.40. The predicted molar refractivity (Wildman–Crippen MR) is 63.4 cm³/mol. The largest absolute Gasteiger partial charge is 0.469 e. The van der Waals surface area contributed by atoms with E-state index < -0.39 is 0 Å². The predicted octanol–water partition coefficient (Wildman–Crippen LogP) is 1.60. The van der Waals surface area contributed by atoms with E-state index in [1.165, 1.54) is 39.0 Å². The molecule has 2 saturated heterocycles. The van der Waals surface area contributed by atoms with Crippen molar-refractivity contribution in [1.82, 2.24) is 9.80 Å². The highest BCUT2D eigenvalue weighted by atomic mass is 16.3. The Morgan fingerprint density at radius 1 is 1.31 bits per heavy atom. The number of nitrogens with zero attached hydrogens (tertiary/aromatic N) is 2. The lowest BCUT2D eigenvalue weighted by Crippen LogP contribution is -2.50. The summed E-state index contributed by atoms with van der Waals surface area (Å²) in [7, 11) is 0. The normalized spacial score (nSPS) is 27.1. The van der Waals surface area contributed by atoms with Crippen LogP contribution in [0.15, 0.2) is 22.8 Å². The number of fused-ring (bicyclic) bond motifs is 1. The summed E-state index contributed by atoms with van der Waals surface area (Å²) in [6.07, 6.45) is 5.62. The van der Waals surface area contributed by atoms with E-state index in [0.717, 1.165) is 24.8 Å². The van der Waals surface area contributed by atoms with Crippen LogP contribution in [0, 0.1) is 0 Å². The second-order valence-electron chi connectivity index (χ2n) is 4.96. The molecular weight excluding hydrogens is 200 g/mol. The Bertz CT molecular complexity index is 323. The van der Waals surface area contributed by atoms with Crippen LogP contribution in [0.25, 0.3) is 0 Å². The molecule has 0 saturated carbocycles. The molecule has 2 aliphatic rings. The van der Waals surface area contributed by atoms with Crippen LogP contribution >= 0.6 is 0 Å². The molecule has 3 nitrogen and oxygen atoms in total. The quantitative estimate of drug-likeness (QED) is 0.771. The van der Waals surface area contributed by atoms with Crippen LogP contribution in [0.1, 0.15) is 18.6 Å². The Morgan fingerprint density at radius 3 is 3.19 bits per heavy atom. The van der Waals surface area contributed by atoms with E-state index in [-0.39, 0.29) is 0 Å². The lowest BCUT2D eigenvalue weighted by atomic mass is 10.1. The summed E-state index contributed by atoms with van der Waals surface area (Å²) in [6.45, 7) is 6.25. The van der Waals surface area contributed by atoms with Crippen molar-refractivity contribution in [1.29, 1.82) is 0 Å². The third-order valence-electron chi connectivity index (χ3n) is 3.93. The number of rotatable bonds is 3. The molecule has 1 atom stereocenters. The fourth-order valence-corrected chi connectivity index (χ4v) is 2.98. The van der Waals surface area contributed by atoms with Gasteiger partial charge in [0.05, 0.1) is 6.26 Å². The third kappa shape index (κ3) is 2.15. The number of hydrogen-bond acceptors (Lipinski definition) is 3. The lowest BCUT2D eigenvalue weighted by molar-refractivity contribution is 0.104. The molecule has 16 heavy (non-hydrogen) atoms. The maximum Gasteiger partial charge on any atom is 0.105 e. The van der Waals surface area contributed by atoms with Crippen molar-refractivity contribution < 1.29 is 4.42 Å². The van der Waals surface area contributed by atoms with Gasteiger partial charge in [0.15, 0.2) is 0 Å². The average Bonchev–Trinajstić information content (AvgIpc) is 2.97. The van der Waals surface area contributed by atoms with Gasteiger partial charge >= 0.3 is 0 Å². The van der Waals surface area contributed by atoms with Gasteiger partial charge in [0.1, 0.15) is 5.76 Å². The first kappa shape index (κ1) is 10.4. The van der Waals surface area contributed by atoms with Crippen molar-refractivity contribution in [2.75, 3.05) is 32.7 Å². The van der Waals surface area contributed by atoms with Crippen LogP contribution < -0.4 is 0 Å². The molecule has 2 fully saturated rings. The Hall–Kier alpha value is -0.800. The zero-order chi connectivity index (χ0) is 10.8. The molecule has 3 heteroatoms. The second kappa shape index (κ2) is 4.60. The molecule has 0 aromatic carbocycles. The monoisotopic (exact) mass is 220 g/mol. The molecular formula is C13H20N2O. The molecule has 3 heterocycles. The van der Waals surface area contributed by atoms with Crippen molar-refractivity contribution in [3.8, 4) is 0 Å². The maximum absolute atomic E-state index is 5.37. The smallest absolute Gasteiger partial charge is 0.105 e. The molecule has 2 aliphatic heterocycles. The van der Waals surface area contributed by atoms with Gasteiger partial charge in [-0.05, 0) is 31.5 Å². The first-order chi connectivity index (χ1) is 7.92. The molecule has 0 aliphatic carbocycles. The van der Waals surface area contributed by atoms with Crippen molar-refractivity contribution in [2.45, 2.75) is 25.3 Å².